The zero-order valence-corrected chi connectivity index (χ0v) is 9.36. The summed E-state index contributed by atoms with van der Waals surface area (Å²) in [7, 11) is 0. The third-order valence-electron chi connectivity index (χ3n) is 1.58. The van der Waals surface area contributed by atoms with E-state index in [1.807, 2.05) is 0 Å². The van der Waals surface area contributed by atoms with Gasteiger partial charge >= 0.3 is 0 Å². The van der Waals surface area contributed by atoms with Gasteiger partial charge < -0.3 is 4.74 Å². The Balaban J connectivity index is 0.000000180. The Kier molecular flexibility index (Phi) is 9.96. The summed E-state index contributed by atoms with van der Waals surface area (Å²) in [6.07, 6.45) is 5.31. The fourth-order valence-electron chi connectivity index (χ4n) is 0.687. The summed E-state index contributed by atoms with van der Waals surface area (Å²) in [5.74, 6) is 0. The minimum absolute atomic E-state index is 1.00. The first-order chi connectivity index (χ1) is 4.91. The molecule has 0 aromatic rings. The molecule has 1 nitrogen and oxygen atoms in total. The third kappa shape index (κ3) is 8.49. The molecule has 0 unspecified atom stereocenters. The fraction of sp³-hybridized carbons (Fsp3) is 1.00. The van der Waals surface area contributed by atoms with Crippen molar-refractivity contribution >= 4 is 16.3 Å². The highest BCUT2D eigenvalue weighted by Gasteiger charge is 1.94. The van der Waals surface area contributed by atoms with E-state index in [-0.39, 0.29) is 0 Å². The summed E-state index contributed by atoms with van der Waals surface area (Å²) in [6, 6.07) is 0. The highest BCUT2D eigenvalue weighted by molar-refractivity contribution is 6.08. The molecule has 0 aromatic carbocycles. The maximum Gasteiger partial charge on any atom is 0.211 e. The summed E-state index contributed by atoms with van der Waals surface area (Å²) in [5.41, 5.74) is 0. The highest BCUT2D eigenvalue weighted by atomic mass is 27.0. The van der Waals surface area contributed by atoms with E-state index in [4.69, 9.17) is 4.74 Å². The maximum atomic E-state index is 5.07. The third-order valence-corrected chi connectivity index (χ3v) is 2.58. The normalized spacial score (nSPS) is 17.3. The fourth-order valence-corrected chi connectivity index (χ4v) is 0.687. The minimum Gasteiger partial charge on any atom is -0.381 e. The lowest BCUT2D eigenvalue weighted by Crippen LogP contribution is -2.03. The van der Waals surface area contributed by atoms with E-state index in [2.05, 4.69) is 6.92 Å². The molecule has 0 aromatic heterocycles. The molecule has 1 rings (SSSR count). The topological polar surface area (TPSA) is 9.23 Å². The molecule has 0 amide bonds. The van der Waals surface area contributed by atoms with Crippen LogP contribution in [0.15, 0.2) is 0 Å². The lowest BCUT2D eigenvalue weighted by atomic mass is 10.2. The standard InChI is InChI=1S/C5H10O.C3H7.Al.2H/c1-2-4-6-5-3-1;1-3-2;;;/h1-5H2;1,3H2,2H3;;;. The minimum atomic E-state index is 1.00. The van der Waals surface area contributed by atoms with Gasteiger partial charge in [0, 0.05) is 13.2 Å². The second-order valence-electron chi connectivity index (χ2n) is 2.67. The number of rotatable bonds is 1. The summed E-state index contributed by atoms with van der Waals surface area (Å²) in [5, 5.41) is 1.46. The second-order valence-corrected chi connectivity index (χ2v) is 3.67. The lowest BCUT2D eigenvalue weighted by molar-refractivity contribution is 0.0968. The van der Waals surface area contributed by atoms with E-state index in [0.29, 0.717) is 0 Å². The average Bonchev–Trinajstić information content (AvgIpc) is 2.08. The lowest BCUT2D eigenvalue weighted by Gasteiger charge is -2.08. The second kappa shape index (κ2) is 9.49. The van der Waals surface area contributed by atoms with Crippen LogP contribution in [-0.2, 0) is 4.74 Å². The van der Waals surface area contributed by atoms with Crippen LogP contribution >= 0.6 is 0 Å². The first kappa shape index (κ1) is 10.5. The first-order valence-corrected chi connectivity index (χ1v) is 5.91. The maximum absolute atomic E-state index is 5.07. The van der Waals surface area contributed by atoms with E-state index in [0.717, 1.165) is 13.2 Å². The number of hydrogen-bond acceptors (Lipinski definition) is 1. The Hall–Kier alpha value is 0.492. The smallest absolute Gasteiger partial charge is 0.211 e. The van der Waals surface area contributed by atoms with Crippen molar-refractivity contribution in [1.82, 2.24) is 0 Å². The molecule has 2 heteroatoms. The van der Waals surface area contributed by atoms with Gasteiger partial charge in [0.05, 0.1) is 0 Å². The average molecular weight is 158 g/mol. The molecular formula is C8H19AlO. The van der Waals surface area contributed by atoms with Crippen LogP contribution in [0.2, 0.25) is 5.28 Å². The van der Waals surface area contributed by atoms with Gasteiger partial charge in [-0.3, -0.25) is 0 Å². The Morgan fingerprint density at radius 1 is 1.20 bits per heavy atom. The van der Waals surface area contributed by atoms with Gasteiger partial charge in [-0.05, 0) is 19.3 Å². The van der Waals surface area contributed by atoms with Gasteiger partial charge in [-0.2, -0.15) is 0 Å². The zero-order valence-electron chi connectivity index (χ0n) is 7.36. The summed E-state index contributed by atoms with van der Waals surface area (Å²) in [4.78, 5) is 0. The molecule has 0 atom stereocenters. The highest BCUT2D eigenvalue weighted by Crippen LogP contribution is 2.02. The van der Waals surface area contributed by atoms with Gasteiger partial charge in [-0.15, -0.1) is 5.28 Å². The summed E-state index contributed by atoms with van der Waals surface area (Å²) in [6.45, 7) is 4.22. The molecule has 1 aliphatic rings. The molecule has 0 saturated carbocycles. The van der Waals surface area contributed by atoms with Gasteiger partial charge in [-0.1, -0.05) is 13.3 Å². The summed E-state index contributed by atoms with van der Waals surface area (Å²) >= 11 is 1.39. The van der Waals surface area contributed by atoms with Crippen molar-refractivity contribution in [3.8, 4) is 0 Å². The molecule has 0 aliphatic carbocycles. The van der Waals surface area contributed by atoms with Crippen molar-refractivity contribution < 1.29 is 4.74 Å². The van der Waals surface area contributed by atoms with Crippen molar-refractivity contribution in [3.63, 3.8) is 0 Å². The van der Waals surface area contributed by atoms with Crippen LogP contribution in [0.3, 0.4) is 0 Å². The first-order valence-electron chi connectivity index (χ1n) is 4.49. The van der Waals surface area contributed by atoms with Gasteiger partial charge in [0.15, 0.2) is 0 Å². The van der Waals surface area contributed by atoms with Crippen molar-refractivity contribution in [3.05, 3.63) is 0 Å². The summed E-state index contributed by atoms with van der Waals surface area (Å²) < 4.78 is 5.07. The molecule has 60 valence electrons. The largest absolute Gasteiger partial charge is 0.381 e. The van der Waals surface area contributed by atoms with Crippen LogP contribution in [0.4, 0.5) is 0 Å². The van der Waals surface area contributed by atoms with Gasteiger partial charge in [0.25, 0.3) is 0 Å². The van der Waals surface area contributed by atoms with E-state index in [1.165, 1.54) is 47.3 Å². The molecule has 1 heterocycles. The monoisotopic (exact) mass is 158 g/mol. The molecule has 1 aliphatic heterocycles. The molecule has 1 saturated heterocycles. The molecular weight excluding hydrogens is 139 g/mol. The van der Waals surface area contributed by atoms with Crippen LogP contribution in [-0.4, -0.2) is 29.5 Å². The van der Waals surface area contributed by atoms with E-state index < -0.39 is 0 Å². The molecule has 10 heavy (non-hydrogen) atoms. The van der Waals surface area contributed by atoms with Crippen molar-refractivity contribution in [1.29, 1.82) is 0 Å². The van der Waals surface area contributed by atoms with Gasteiger partial charge in [0.1, 0.15) is 0 Å². The van der Waals surface area contributed by atoms with Crippen LogP contribution in [0.5, 0.6) is 0 Å². The predicted molar refractivity (Wildman–Crippen MR) is 48.3 cm³/mol. The Morgan fingerprint density at radius 3 is 1.80 bits per heavy atom. The molecule has 0 bridgehead atoms. The zero-order chi connectivity index (χ0) is 7.66. The quantitative estimate of drug-likeness (QED) is 0.527. The SMILES string of the molecule is C1CCOCC1.CC[CH2][AlH2]. The predicted octanol–water partition coefficient (Wildman–Crippen LogP) is 1.63. The Morgan fingerprint density at radius 2 is 1.70 bits per heavy atom. The van der Waals surface area contributed by atoms with Crippen LogP contribution in [0.25, 0.3) is 0 Å². The van der Waals surface area contributed by atoms with Crippen molar-refractivity contribution in [2.24, 2.45) is 0 Å². The molecule has 0 N–H and O–H groups in total. The van der Waals surface area contributed by atoms with E-state index >= 15 is 0 Å². The van der Waals surface area contributed by atoms with Crippen molar-refractivity contribution in [2.75, 3.05) is 13.2 Å². The number of hydrogen-bond donors (Lipinski definition) is 0. The van der Waals surface area contributed by atoms with E-state index in [1.54, 1.807) is 0 Å². The van der Waals surface area contributed by atoms with Crippen molar-refractivity contribution in [2.45, 2.75) is 37.9 Å². The van der Waals surface area contributed by atoms with Gasteiger partial charge in [-0.25, -0.2) is 0 Å². The number of ether oxygens (including phenoxy) is 1. The van der Waals surface area contributed by atoms with Crippen LogP contribution < -0.4 is 0 Å². The Bertz CT molecular complexity index is 39.7. The van der Waals surface area contributed by atoms with E-state index in [9.17, 15) is 0 Å². The molecule has 1 fully saturated rings. The van der Waals surface area contributed by atoms with Gasteiger partial charge in [0.2, 0.25) is 16.3 Å². The Labute approximate surface area is 72.6 Å². The van der Waals surface area contributed by atoms with Crippen LogP contribution in [0, 0.1) is 0 Å². The molecule has 0 spiro atoms. The molecule has 0 radical (unpaired) electrons. The van der Waals surface area contributed by atoms with Crippen LogP contribution in [0.1, 0.15) is 32.6 Å².